The summed E-state index contributed by atoms with van der Waals surface area (Å²) in [6.45, 7) is 9.85. The molecule has 0 aromatic carbocycles. The molecule has 12 heavy (non-hydrogen) atoms. The van der Waals surface area contributed by atoms with E-state index in [4.69, 9.17) is 0 Å². The Labute approximate surface area is 76.7 Å². The van der Waals surface area contributed by atoms with Crippen molar-refractivity contribution in [1.29, 1.82) is 0 Å². The lowest BCUT2D eigenvalue weighted by Gasteiger charge is -2.42. The standard InChI is InChI=1S/C12H22/c1-5-12-7-6-10(8-12)11(3,4)9(12)2/h9-10H,5-8H2,1-4H3. The molecule has 2 saturated carbocycles. The van der Waals surface area contributed by atoms with Gasteiger partial charge in [0.05, 0.1) is 0 Å². The first-order valence-corrected chi connectivity index (χ1v) is 5.53. The second kappa shape index (κ2) is 2.27. The number of rotatable bonds is 1. The van der Waals surface area contributed by atoms with Crippen molar-refractivity contribution >= 4 is 0 Å². The van der Waals surface area contributed by atoms with Crippen LogP contribution in [0.1, 0.15) is 53.4 Å². The van der Waals surface area contributed by atoms with E-state index >= 15 is 0 Å². The lowest BCUT2D eigenvalue weighted by Crippen LogP contribution is -2.34. The minimum absolute atomic E-state index is 0.633. The van der Waals surface area contributed by atoms with Gasteiger partial charge in [-0.05, 0) is 41.9 Å². The third kappa shape index (κ3) is 0.791. The van der Waals surface area contributed by atoms with Gasteiger partial charge in [-0.25, -0.2) is 0 Å². The summed E-state index contributed by atoms with van der Waals surface area (Å²) in [6.07, 6.45) is 5.95. The second-order valence-electron chi connectivity index (χ2n) is 5.70. The van der Waals surface area contributed by atoms with Crippen LogP contribution in [0.4, 0.5) is 0 Å². The van der Waals surface area contributed by atoms with Crippen LogP contribution in [0, 0.1) is 22.7 Å². The van der Waals surface area contributed by atoms with Gasteiger partial charge in [0.2, 0.25) is 0 Å². The molecule has 0 radical (unpaired) electrons. The van der Waals surface area contributed by atoms with E-state index in [0.717, 1.165) is 17.3 Å². The van der Waals surface area contributed by atoms with Crippen LogP contribution < -0.4 is 0 Å². The Morgan fingerprint density at radius 2 is 2.00 bits per heavy atom. The Morgan fingerprint density at radius 1 is 1.33 bits per heavy atom. The van der Waals surface area contributed by atoms with Gasteiger partial charge in [0.15, 0.2) is 0 Å². The van der Waals surface area contributed by atoms with Gasteiger partial charge in [-0.1, -0.05) is 34.1 Å². The lowest BCUT2D eigenvalue weighted by atomic mass is 9.63. The van der Waals surface area contributed by atoms with Gasteiger partial charge in [-0.2, -0.15) is 0 Å². The molecule has 2 aliphatic carbocycles. The molecule has 0 N–H and O–H groups in total. The topological polar surface area (TPSA) is 0 Å². The maximum atomic E-state index is 2.49. The van der Waals surface area contributed by atoms with Crippen LogP contribution in [0.15, 0.2) is 0 Å². The van der Waals surface area contributed by atoms with Crippen LogP contribution >= 0.6 is 0 Å². The summed E-state index contributed by atoms with van der Waals surface area (Å²) in [6, 6.07) is 0. The quantitative estimate of drug-likeness (QED) is 0.555. The predicted molar refractivity (Wildman–Crippen MR) is 53.0 cm³/mol. The van der Waals surface area contributed by atoms with Crippen LogP contribution in [0.25, 0.3) is 0 Å². The van der Waals surface area contributed by atoms with Crippen molar-refractivity contribution in [3.8, 4) is 0 Å². The zero-order valence-electron chi connectivity index (χ0n) is 8.98. The highest BCUT2D eigenvalue weighted by molar-refractivity contribution is 5.07. The summed E-state index contributed by atoms with van der Waals surface area (Å²) in [5, 5.41) is 0. The number of hydrogen-bond donors (Lipinski definition) is 0. The average molecular weight is 166 g/mol. The van der Waals surface area contributed by atoms with Gasteiger partial charge in [0.25, 0.3) is 0 Å². The van der Waals surface area contributed by atoms with Gasteiger partial charge in [0, 0.05) is 0 Å². The van der Waals surface area contributed by atoms with Crippen molar-refractivity contribution < 1.29 is 0 Å². The first-order valence-electron chi connectivity index (χ1n) is 5.53. The third-order valence-corrected chi connectivity index (χ3v) is 5.43. The second-order valence-corrected chi connectivity index (χ2v) is 5.70. The average Bonchev–Trinajstić information content (AvgIpc) is 2.53. The molecule has 0 aromatic rings. The van der Waals surface area contributed by atoms with E-state index in [-0.39, 0.29) is 0 Å². The molecule has 0 aliphatic heterocycles. The summed E-state index contributed by atoms with van der Waals surface area (Å²) in [4.78, 5) is 0. The Hall–Kier alpha value is 0. The van der Waals surface area contributed by atoms with Gasteiger partial charge in [-0.3, -0.25) is 0 Å². The van der Waals surface area contributed by atoms with E-state index in [0.29, 0.717) is 5.41 Å². The van der Waals surface area contributed by atoms with E-state index in [2.05, 4.69) is 27.7 Å². The molecule has 3 unspecified atom stereocenters. The van der Waals surface area contributed by atoms with Crippen LogP contribution in [0.5, 0.6) is 0 Å². The Bertz CT molecular complexity index is 192. The molecule has 0 amide bonds. The molecule has 0 saturated heterocycles. The van der Waals surface area contributed by atoms with Gasteiger partial charge in [0.1, 0.15) is 0 Å². The van der Waals surface area contributed by atoms with Gasteiger partial charge in [-0.15, -0.1) is 0 Å². The van der Waals surface area contributed by atoms with Crippen LogP contribution in [0.2, 0.25) is 0 Å². The SMILES string of the molecule is CCC12CCC(C1)C(C)(C)C2C. The molecule has 3 atom stereocenters. The summed E-state index contributed by atoms with van der Waals surface area (Å²) >= 11 is 0. The van der Waals surface area contributed by atoms with Crippen molar-refractivity contribution in [3.63, 3.8) is 0 Å². The zero-order chi connectivity index (χ0) is 8.98. The lowest BCUT2D eigenvalue weighted by molar-refractivity contribution is 0.0756. The highest BCUT2D eigenvalue weighted by atomic mass is 14.6. The molecular formula is C12H22. The first kappa shape index (κ1) is 8.59. The van der Waals surface area contributed by atoms with Crippen LogP contribution in [-0.2, 0) is 0 Å². The fourth-order valence-corrected chi connectivity index (χ4v) is 3.95. The van der Waals surface area contributed by atoms with Crippen molar-refractivity contribution in [3.05, 3.63) is 0 Å². The molecule has 2 bridgehead atoms. The van der Waals surface area contributed by atoms with E-state index in [1.807, 2.05) is 0 Å². The van der Waals surface area contributed by atoms with E-state index in [1.165, 1.54) is 25.7 Å². The van der Waals surface area contributed by atoms with Gasteiger partial charge >= 0.3 is 0 Å². The van der Waals surface area contributed by atoms with Crippen molar-refractivity contribution in [1.82, 2.24) is 0 Å². The number of fused-ring (bicyclic) bond motifs is 2. The van der Waals surface area contributed by atoms with Crippen molar-refractivity contribution in [2.45, 2.75) is 53.4 Å². The van der Waals surface area contributed by atoms with E-state index in [1.54, 1.807) is 0 Å². The summed E-state index contributed by atoms with van der Waals surface area (Å²) < 4.78 is 0. The van der Waals surface area contributed by atoms with Crippen molar-refractivity contribution in [2.75, 3.05) is 0 Å². The maximum absolute atomic E-state index is 2.49. The number of hydrogen-bond acceptors (Lipinski definition) is 0. The van der Waals surface area contributed by atoms with Crippen molar-refractivity contribution in [2.24, 2.45) is 22.7 Å². The fraction of sp³-hybridized carbons (Fsp3) is 1.00. The minimum atomic E-state index is 0.633. The highest BCUT2D eigenvalue weighted by Crippen LogP contribution is 2.67. The fourth-order valence-electron chi connectivity index (χ4n) is 3.95. The molecule has 0 aromatic heterocycles. The Balaban J connectivity index is 2.32. The molecular weight excluding hydrogens is 144 g/mol. The monoisotopic (exact) mass is 166 g/mol. The first-order chi connectivity index (χ1) is 5.53. The molecule has 2 fully saturated rings. The highest BCUT2D eigenvalue weighted by Gasteiger charge is 2.58. The maximum Gasteiger partial charge on any atom is -0.0266 e. The van der Waals surface area contributed by atoms with Gasteiger partial charge < -0.3 is 0 Å². The molecule has 0 heterocycles. The molecule has 2 aliphatic rings. The predicted octanol–water partition coefficient (Wildman–Crippen LogP) is 3.86. The molecule has 70 valence electrons. The van der Waals surface area contributed by atoms with Crippen LogP contribution in [0.3, 0.4) is 0 Å². The zero-order valence-corrected chi connectivity index (χ0v) is 8.98. The smallest absolute Gasteiger partial charge is 0.0266 e. The molecule has 0 spiro atoms. The molecule has 0 heteroatoms. The third-order valence-electron chi connectivity index (χ3n) is 5.43. The van der Waals surface area contributed by atoms with E-state index < -0.39 is 0 Å². The summed E-state index contributed by atoms with van der Waals surface area (Å²) in [7, 11) is 0. The molecule has 2 rings (SSSR count). The summed E-state index contributed by atoms with van der Waals surface area (Å²) in [5.41, 5.74) is 1.38. The Morgan fingerprint density at radius 3 is 2.33 bits per heavy atom. The van der Waals surface area contributed by atoms with E-state index in [9.17, 15) is 0 Å². The van der Waals surface area contributed by atoms with Crippen LogP contribution in [-0.4, -0.2) is 0 Å². The largest absolute Gasteiger partial charge is 0.0648 e. The Kier molecular flexibility index (Phi) is 1.63. The minimum Gasteiger partial charge on any atom is -0.0648 e. The molecule has 0 nitrogen and oxygen atoms in total. The summed E-state index contributed by atoms with van der Waals surface area (Å²) in [5.74, 6) is 1.99. The normalized spacial score (nSPS) is 50.0.